The van der Waals surface area contributed by atoms with Gasteiger partial charge in [0.05, 0.1) is 23.9 Å². The van der Waals surface area contributed by atoms with Gasteiger partial charge in [-0.1, -0.05) is 30.0 Å². The molecule has 4 aromatic rings. The maximum atomic E-state index is 13.4. The molecule has 0 aliphatic carbocycles. The second-order valence-corrected chi connectivity index (χ2v) is 8.41. The summed E-state index contributed by atoms with van der Waals surface area (Å²) in [6, 6.07) is 15.9. The first kappa shape index (κ1) is 20.4. The number of benzene rings is 2. The summed E-state index contributed by atoms with van der Waals surface area (Å²) in [5.74, 6) is 6.59. The highest BCUT2D eigenvalue weighted by Crippen LogP contribution is 2.29. The number of ether oxygens (including phenoxy) is 1. The van der Waals surface area contributed by atoms with Crippen LogP contribution in [0.5, 0.6) is 5.75 Å². The Balaban J connectivity index is 1.80. The van der Waals surface area contributed by atoms with Gasteiger partial charge < -0.3 is 4.74 Å². The van der Waals surface area contributed by atoms with Gasteiger partial charge in [-0.2, -0.15) is 0 Å². The van der Waals surface area contributed by atoms with Gasteiger partial charge in [-0.05, 0) is 48.9 Å². The van der Waals surface area contributed by atoms with Gasteiger partial charge in [-0.25, -0.2) is 8.42 Å². The molecule has 0 unspecified atom stereocenters. The van der Waals surface area contributed by atoms with Crippen LogP contribution in [-0.2, 0) is 10.0 Å². The van der Waals surface area contributed by atoms with Crippen molar-refractivity contribution in [2.45, 2.75) is 11.8 Å². The molecule has 0 atom stereocenters. The smallest absolute Gasteiger partial charge is 0.264 e. The molecule has 1 N–H and O–H groups in total. The maximum absolute atomic E-state index is 13.4. The zero-order valence-corrected chi connectivity index (χ0v) is 17.8. The van der Waals surface area contributed by atoms with Crippen LogP contribution in [0.1, 0.15) is 16.7 Å². The summed E-state index contributed by atoms with van der Waals surface area (Å²) >= 11 is 0. The second-order valence-electron chi connectivity index (χ2n) is 6.80. The normalized spacial score (nSPS) is 10.9. The van der Waals surface area contributed by atoms with Crippen molar-refractivity contribution in [3.8, 4) is 17.6 Å². The average Bonchev–Trinajstić information content (AvgIpc) is 2.78. The van der Waals surface area contributed by atoms with E-state index in [0.29, 0.717) is 33.6 Å². The highest BCUT2D eigenvalue weighted by Gasteiger charge is 2.22. The summed E-state index contributed by atoms with van der Waals surface area (Å²) < 4.78 is 34.7. The monoisotopic (exact) mass is 429 g/mol. The molecule has 4 rings (SSSR count). The first-order valence-corrected chi connectivity index (χ1v) is 10.9. The van der Waals surface area contributed by atoms with Crippen LogP contribution < -0.4 is 9.46 Å². The number of sulfonamides is 1. The van der Waals surface area contributed by atoms with E-state index in [4.69, 9.17) is 4.74 Å². The van der Waals surface area contributed by atoms with Gasteiger partial charge in [0.2, 0.25) is 0 Å². The SMILES string of the molecule is COc1ccc(NS(=O)(=O)c2c(C)ccc3cccnc23)c(C#Cc2cccnc2)c1. The zero-order chi connectivity index (χ0) is 21.8. The van der Waals surface area contributed by atoms with Gasteiger partial charge >= 0.3 is 0 Å². The minimum Gasteiger partial charge on any atom is -0.497 e. The van der Waals surface area contributed by atoms with Gasteiger partial charge in [0.25, 0.3) is 10.0 Å². The van der Waals surface area contributed by atoms with Crippen LogP contribution in [0, 0.1) is 18.8 Å². The van der Waals surface area contributed by atoms with Crippen molar-refractivity contribution in [1.82, 2.24) is 9.97 Å². The van der Waals surface area contributed by atoms with Crippen molar-refractivity contribution in [3.63, 3.8) is 0 Å². The lowest BCUT2D eigenvalue weighted by atomic mass is 10.1. The Bertz CT molecular complexity index is 1420. The largest absolute Gasteiger partial charge is 0.497 e. The topological polar surface area (TPSA) is 81.2 Å². The van der Waals surface area contributed by atoms with Crippen molar-refractivity contribution in [2.75, 3.05) is 11.8 Å². The number of nitrogens with one attached hydrogen (secondary N) is 1. The summed E-state index contributed by atoms with van der Waals surface area (Å²) in [4.78, 5) is 8.49. The van der Waals surface area contributed by atoms with Crippen LogP contribution in [0.3, 0.4) is 0 Å². The zero-order valence-electron chi connectivity index (χ0n) is 17.0. The number of nitrogens with zero attached hydrogens (tertiary/aromatic N) is 2. The van der Waals surface area contributed by atoms with E-state index < -0.39 is 10.0 Å². The molecule has 2 aromatic heterocycles. The minimum absolute atomic E-state index is 0.146. The molecule has 154 valence electrons. The Kier molecular flexibility index (Phi) is 5.56. The first-order chi connectivity index (χ1) is 15.0. The van der Waals surface area contributed by atoms with E-state index in [2.05, 4.69) is 26.5 Å². The second kappa shape index (κ2) is 8.46. The van der Waals surface area contributed by atoms with E-state index in [9.17, 15) is 8.42 Å². The molecule has 0 saturated carbocycles. The Hall–Kier alpha value is -3.89. The number of aryl methyl sites for hydroxylation is 1. The summed E-state index contributed by atoms with van der Waals surface area (Å²) in [6.07, 6.45) is 4.89. The van der Waals surface area contributed by atoms with Gasteiger partial charge in [0.15, 0.2) is 0 Å². The molecule has 0 amide bonds. The molecule has 2 heterocycles. The molecular formula is C24H19N3O3S. The molecule has 31 heavy (non-hydrogen) atoms. The summed E-state index contributed by atoms with van der Waals surface area (Å²) in [5, 5.41) is 0.750. The number of hydrogen-bond acceptors (Lipinski definition) is 5. The third-order valence-electron chi connectivity index (χ3n) is 4.67. The lowest BCUT2D eigenvalue weighted by Crippen LogP contribution is -2.16. The van der Waals surface area contributed by atoms with Crippen LogP contribution in [-0.4, -0.2) is 25.5 Å². The number of anilines is 1. The number of rotatable bonds is 4. The number of fused-ring (bicyclic) bond motifs is 1. The lowest BCUT2D eigenvalue weighted by molar-refractivity contribution is 0.415. The Morgan fingerprint density at radius 3 is 2.61 bits per heavy atom. The molecule has 0 bridgehead atoms. The number of aromatic nitrogens is 2. The molecule has 7 heteroatoms. The predicted molar refractivity (Wildman–Crippen MR) is 120 cm³/mol. The van der Waals surface area contributed by atoms with Crippen LogP contribution in [0.15, 0.2) is 78.1 Å². The van der Waals surface area contributed by atoms with E-state index in [1.807, 2.05) is 18.2 Å². The average molecular weight is 430 g/mol. The lowest BCUT2D eigenvalue weighted by Gasteiger charge is -2.14. The van der Waals surface area contributed by atoms with Gasteiger partial charge in [0, 0.05) is 29.5 Å². The highest BCUT2D eigenvalue weighted by molar-refractivity contribution is 7.93. The Labute approximate surface area is 181 Å². The Morgan fingerprint density at radius 2 is 1.84 bits per heavy atom. The molecule has 0 aliphatic heterocycles. The van der Waals surface area contributed by atoms with Crippen LogP contribution in [0.25, 0.3) is 10.9 Å². The van der Waals surface area contributed by atoms with Crippen molar-refractivity contribution in [2.24, 2.45) is 0 Å². The third-order valence-corrected chi connectivity index (χ3v) is 6.21. The fraction of sp³-hybridized carbons (Fsp3) is 0.0833. The van der Waals surface area contributed by atoms with Crippen molar-refractivity contribution >= 4 is 26.6 Å². The van der Waals surface area contributed by atoms with Crippen molar-refractivity contribution in [3.05, 3.63) is 89.9 Å². The highest BCUT2D eigenvalue weighted by atomic mass is 32.2. The quantitative estimate of drug-likeness (QED) is 0.493. The van der Waals surface area contributed by atoms with Gasteiger partial charge in [0.1, 0.15) is 10.6 Å². The van der Waals surface area contributed by atoms with Crippen LogP contribution in [0.4, 0.5) is 5.69 Å². The van der Waals surface area contributed by atoms with E-state index in [0.717, 1.165) is 5.39 Å². The summed E-state index contributed by atoms with van der Waals surface area (Å²) in [5.41, 5.74) is 2.58. The Morgan fingerprint density at radius 1 is 1.00 bits per heavy atom. The van der Waals surface area contributed by atoms with Crippen LogP contribution >= 0.6 is 0 Å². The fourth-order valence-electron chi connectivity index (χ4n) is 3.17. The number of pyridine rings is 2. The van der Waals surface area contributed by atoms with E-state index in [1.165, 1.54) is 0 Å². The molecule has 0 fully saturated rings. The van der Waals surface area contributed by atoms with Crippen LogP contribution in [0.2, 0.25) is 0 Å². The maximum Gasteiger partial charge on any atom is 0.264 e. The van der Waals surface area contributed by atoms with E-state index in [1.54, 1.807) is 69.0 Å². The van der Waals surface area contributed by atoms with E-state index in [-0.39, 0.29) is 4.90 Å². The van der Waals surface area contributed by atoms with E-state index >= 15 is 0 Å². The molecule has 0 spiro atoms. The number of methoxy groups -OCH3 is 1. The minimum atomic E-state index is -3.93. The van der Waals surface area contributed by atoms with Gasteiger partial charge in [-0.15, -0.1) is 0 Å². The van der Waals surface area contributed by atoms with Crippen molar-refractivity contribution in [1.29, 1.82) is 0 Å². The molecule has 0 radical (unpaired) electrons. The molecule has 6 nitrogen and oxygen atoms in total. The molecule has 0 aliphatic rings. The predicted octanol–water partition coefficient (Wildman–Crippen LogP) is 4.15. The molecule has 2 aromatic carbocycles. The fourth-order valence-corrected chi connectivity index (χ4v) is 4.66. The standard InChI is InChI=1S/C24H19N3O3S/c1-17-7-9-19-6-4-14-26-23(19)24(17)31(28,29)27-22-12-11-21(30-2)15-20(22)10-8-18-5-3-13-25-16-18/h3-7,9,11-16,27H,1-2H3. The third kappa shape index (κ3) is 4.34. The first-order valence-electron chi connectivity index (χ1n) is 9.45. The molecule has 0 saturated heterocycles. The van der Waals surface area contributed by atoms with Crippen molar-refractivity contribution < 1.29 is 13.2 Å². The van der Waals surface area contributed by atoms with Gasteiger partial charge in [-0.3, -0.25) is 14.7 Å². The summed E-state index contributed by atoms with van der Waals surface area (Å²) in [6.45, 7) is 1.75. The summed E-state index contributed by atoms with van der Waals surface area (Å²) in [7, 11) is -2.38. The molecular weight excluding hydrogens is 410 g/mol. The number of hydrogen-bond donors (Lipinski definition) is 1.